The first-order chi connectivity index (χ1) is 12.5. The van der Waals surface area contributed by atoms with Crippen LogP contribution in [-0.4, -0.2) is 17.7 Å². The molecule has 0 bridgehead atoms. The highest BCUT2D eigenvalue weighted by molar-refractivity contribution is 8.00. The fraction of sp³-hybridized carbons (Fsp3) is 0.300. The maximum atomic E-state index is 12.0. The first kappa shape index (κ1) is 18.3. The van der Waals surface area contributed by atoms with Gasteiger partial charge < -0.3 is 5.32 Å². The molecule has 6 heteroatoms. The average molecular weight is 369 g/mol. The molecular formula is C20H23N3O2S. The molecule has 0 spiro atoms. The van der Waals surface area contributed by atoms with Crippen LogP contribution in [0.5, 0.6) is 0 Å². The lowest BCUT2D eigenvalue weighted by Gasteiger charge is -2.13. The van der Waals surface area contributed by atoms with E-state index in [2.05, 4.69) is 34.4 Å². The van der Waals surface area contributed by atoms with Crippen molar-refractivity contribution in [2.45, 2.75) is 31.9 Å². The largest absolute Gasteiger partial charge is 0.337 e. The van der Waals surface area contributed by atoms with Gasteiger partial charge in [0.1, 0.15) is 0 Å². The molecule has 0 aromatic heterocycles. The third-order valence-electron chi connectivity index (χ3n) is 4.44. The van der Waals surface area contributed by atoms with Crippen LogP contribution in [-0.2, 0) is 11.2 Å². The molecule has 2 aromatic rings. The molecule has 136 valence electrons. The van der Waals surface area contributed by atoms with E-state index in [1.165, 1.54) is 11.1 Å². The number of hydrazine groups is 1. The molecule has 3 amide bonds. The fourth-order valence-electron chi connectivity index (χ4n) is 3.14. The molecule has 0 fully saturated rings. The number of carbonyl (C=O) groups is 2. The van der Waals surface area contributed by atoms with Gasteiger partial charge in [-0.3, -0.25) is 10.2 Å². The van der Waals surface area contributed by atoms with Crippen molar-refractivity contribution in [3.8, 4) is 0 Å². The lowest BCUT2D eigenvalue weighted by atomic mass is 10.1. The van der Waals surface area contributed by atoms with Gasteiger partial charge in [-0.15, -0.1) is 11.8 Å². The van der Waals surface area contributed by atoms with Gasteiger partial charge in [0.25, 0.3) is 0 Å². The molecule has 1 aliphatic rings. The summed E-state index contributed by atoms with van der Waals surface area (Å²) in [6.45, 7) is 3.93. The van der Waals surface area contributed by atoms with Crippen LogP contribution in [0.2, 0.25) is 0 Å². The van der Waals surface area contributed by atoms with Crippen molar-refractivity contribution in [2.24, 2.45) is 0 Å². The standard InChI is InChI=1S/C20H23N3O2S/c1-13-7-9-17(14(2)11-13)21-20(25)23-22-19(24)12-26-18-10-8-15-5-3-4-6-16(15)18/h3-7,9,11,18H,8,10,12H2,1-2H3,(H,22,24)(H2,21,23,25)/t18-/m0/s1. The van der Waals surface area contributed by atoms with E-state index in [1.807, 2.05) is 38.1 Å². The van der Waals surface area contributed by atoms with Crippen LogP contribution in [0.3, 0.4) is 0 Å². The Labute approximate surface area is 157 Å². The Balaban J connectivity index is 1.42. The summed E-state index contributed by atoms with van der Waals surface area (Å²) in [4.78, 5) is 23.9. The summed E-state index contributed by atoms with van der Waals surface area (Å²) < 4.78 is 0. The van der Waals surface area contributed by atoms with Crippen LogP contribution in [0.4, 0.5) is 10.5 Å². The van der Waals surface area contributed by atoms with Crippen molar-refractivity contribution < 1.29 is 9.59 Å². The number of nitrogens with one attached hydrogen (secondary N) is 3. The van der Waals surface area contributed by atoms with Gasteiger partial charge in [0.15, 0.2) is 0 Å². The number of anilines is 1. The summed E-state index contributed by atoms with van der Waals surface area (Å²) in [6, 6.07) is 13.7. The normalized spacial score (nSPS) is 15.2. The summed E-state index contributed by atoms with van der Waals surface area (Å²) in [7, 11) is 0. The average Bonchev–Trinajstić information content (AvgIpc) is 3.04. The summed E-state index contributed by atoms with van der Waals surface area (Å²) >= 11 is 1.61. The number of amides is 3. The minimum absolute atomic E-state index is 0.213. The Morgan fingerprint density at radius 2 is 1.92 bits per heavy atom. The zero-order valence-corrected chi connectivity index (χ0v) is 15.8. The number of urea groups is 1. The van der Waals surface area contributed by atoms with Crippen LogP contribution in [0.1, 0.15) is 33.9 Å². The quantitative estimate of drug-likeness (QED) is 0.717. The molecule has 2 aromatic carbocycles. The number of hydrogen-bond donors (Lipinski definition) is 3. The number of fused-ring (bicyclic) bond motifs is 1. The molecule has 0 saturated heterocycles. The molecule has 0 heterocycles. The Morgan fingerprint density at radius 3 is 2.73 bits per heavy atom. The van der Waals surface area contributed by atoms with E-state index in [9.17, 15) is 9.59 Å². The summed E-state index contributed by atoms with van der Waals surface area (Å²) in [5.41, 5.74) is 10.4. The van der Waals surface area contributed by atoms with Crippen LogP contribution in [0.15, 0.2) is 42.5 Å². The SMILES string of the molecule is Cc1ccc(NC(=O)NNC(=O)CS[C@H]2CCc3ccccc32)c(C)c1. The zero-order valence-electron chi connectivity index (χ0n) is 15.0. The zero-order chi connectivity index (χ0) is 18.5. The third kappa shape index (κ3) is 4.58. The number of rotatable bonds is 4. The van der Waals surface area contributed by atoms with E-state index in [1.54, 1.807) is 11.8 Å². The second-order valence-electron chi connectivity index (χ2n) is 6.48. The Morgan fingerprint density at radius 1 is 1.12 bits per heavy atom. The van der Waals surface area contributed by atoms with Crippen molar-refractivity contribution in [2.75, 3.05) is 11.1 Å². The Bertz CT molecular complexity index is 822. The van der Waals surface area contributed by atoms with Crippen molar-refractivity contribution >= 4 is 29.4 Å². The first-order valence-electron chi connectivity index (χ1n) is 8.65. The van der Waals surface area contributed by atoms with E-state index < -0.39 is 6.03 Å². The van der Waals surface area contributed by atoms with Gasteiger partial charge in [-0.1, -0.05) is 42.0 Å². The van der Waals surface area contributed by atoms with Crippen molar-refractivity contribution in [3.63, 3.8) is 0 Å². The lowest BCUT2D eigenvalue weighted by Crippen LogP contribution is -2.44. The maximum Gasteiger partial charge on any atom is 0.337 e. The molecule has 0 unspecified atom stereocenters. The second kappa shape index (κ2) is 8.27. The molecule has 0 saturated carbocycles. The van der Waals surface area contributed by atoms with E-state index in [0.29, 0.717) is 11.0 Å². The molecule has 1 atom stereocenters. The number of hydrogen-bond acceptors (Lipinski definition) is 3. The highest BCUT2D eigenvalue weighted by atomic mass is 32.2. The minimum Gasteiger partial charge on any atom is -0.306 e. The van der Waals surface area contributed by atoms with Gasteiger partial charge in [-0.25, -0.2) is 10.2 Å². The third-order valence-corrected chi connectivity index (χ3v) is 5.76. The van der Waals surface area contributed by atoms with Gasteiger partial charge in [-0.2, -0.15) is 0 Å². The lowest BCUT2D eigenvalue weighted by molar-refractivity contribution is -0.119. The van der Waals surface area contributed by atoms with Crippen LogP contribution < -0.4 is 16.2 Å². The molecular weight excluding hydrogens is 346 g/mol. The van der Waals surface area contributed by atoms with E-state index in [4.69, 9.17) is 0 Å². The Hall–Kier alpha value is -2.47. The van der Waals surface area contributed by atoms with Gasteiger partial charge in [0.2, 0.25) is 5.91 Å². The van der Waals surface area contributed by atoms with E-state index in [-0.39, 0.29) is 5.91 Å². The smallest absolute Gasteiger partial charge is 0.306 e. The van der Waals surface area contributed by atoms with Gasteiger partial charge in [0, 0.05) is 10.9 Å². The molecule has 5 nitrogen and oxygen atoms in total. The monoisotopic (exact) mass is 369 g/mol. The Kier molecular flexibility index (Phi) is 5.83. The summed E-state index contributed by atoms with van der Waals surface area (Å²) in [5.74, 6) is 0.0956. The van der Waals surface area contributed by atoms with Crippen LogP contribution in [0.25, 0.3) is 0 Å². The van der Waals surface area contributed by atoms with E-state index >= 15 is 0 Å². The summed E-state index contributed by atoms with van der Waals surface area (Å²) in [6.07, 6.45) is 2.12. The summed E-state index contributed by atoms with van der Waals surface area (Å²) in [5, 5.41) is 3.08. The molecule has 0 aliphatic heterocycles. The highest BCUT2D eigenvalue weighted by Crippen LogP contribution is 2.40. The molecule has 3 rings (SSSR count). The van der Waals surface area contributed by atoms with E-state index in [0.717, 1.165) is 29.7 Å². The second-order valence-corrected chi connectivity index (χ2v) is 7.67. The molecule has 1 aliphatic carbocycles. The molecule has 3 N–H and O–H groups in total. The van der Waals surface area contributed by atoms with Gasteiger partial charge in [-0.05, 0) is 49.4 Å². The highest BCUT2D eigenvalue weighted by Gasteiger charge is 2.22. The van der Waals surface area contributed by atoms with Crippen molar-refractivity contribution in [1.82, 2.24) is 10.9 Å². The van der Waals surface area contributed by atoms with Crippen molar-refractivity contribution in [1.29, 1.82) is 0 Å². The number of benzene rings is 2. The van der Waals surface area contributed by atoms with Gasteiger partial charge in [0.05, 0.1) is 5.75 Å². The number of carbonyl (C=O) groups excluding carboxylic acids is 2. The fourth-order valence-corrected chi connectivity index (χ4v) is 4.26. The maximum absolute atomic E-state index is 12.0. The van der Waals surface area contributed by atoms with Crippen LogP contribution >= 0.6 is 11.8 Å². The predicted octanol–water partition coefficient (Wildman–Crippen LogP) is 3.88. The van der Waals surface area contributed by atoms with Crippen LogP contribution in [0, 0.1) is 13.8 Å². The topological polar surface area (TPSA) is 70.2 Å². The number of aryl methyl sites for hydroxylation is 3. The van der Waals surface area contributed by atoms with Crippen molar-refractivity contribution in [3.05, 3.63) is 64.7 Å². The minimum atomic E-state index is -0.457. The predicted molar refractivity (Wildman–Crippen MR) is 106 cm³/mol. The molecule has 0 radical (unpaired) electrons. The molecule has 26 heavy (non-hydrogen) atoms. The van der Waals surface area contributed by atoms with Gasteiger partial charge >= 0.3 is 6.03 Å². The first-order valence-corrected chi connectivity index (χ1v) is 9.70. The number of thioether (sulfide) groups is 1.